The number of rotatable bonds is 3. The van der Waals surface area contributed by atoms with E-state index in [2.05, 4.69) is 4.90 Å². The van der Waals surface area contributed by atoms with Crippen LogP contribution in [-0.2, 0) is 0 Å². The molecule has 1 amide bonds. The number of nitrogens with zero attached hydrogens (tertiary/aromatic N) is 2. The molecule has 2 aromatic carbocycles. The van der Waals surface area contributed by atoms with Crippen LogP contribution in [0.15, 0.2) is 42.5 Å². The zero-order chi connectivity index (χ0) is 18.7. The number of hydrogen-bond donors (Lipinski definition) is 0. The minimum Gasteiger partial charge on any atom is -0.409 e. The summed E-state index contributed by atoms with van der Waals surface area (Å²) < 4.78 is 5.43. The van der Waals surface area contributed by atoms with Crippen LogP contribution in [-0.4, -0.2) is 54.9 Å². The van der Waals surface area contributed by atoms with E-state index >= 15 is 0 Å². The van der Waals surface area contributed by atoms with Crippen LogP contribution in [0.3, 0.4) is 0 Å². The Morgan fingerprint density at radius 1 is 1.00 bits per heavy atom. The number of halogens is 2. The highest BCUT2D eigenvalue weighted by atomic mass is 35.5. The number of likely N-dealkylation sites (N-methyl/N-ethyl adjacent to an activating group) is 1. The Kier molecular flexibility index (Phi) is 5.81. The Hall–Kier alpha value is -2.08. The fourth-order valence-electron chi connectivity index (χ4n) is 2.70. The molecule has 0 aromatic heterocycles. The third kappa shape index (κ3) is 4.18. The minimum absolute atomic E-state index is 0.111. The summed E-state index contributed by atoms with van der Waals surface area (Å²) in [4.78, 5) is 28.8. The van der Waals surface area contributed by atoms with E-state index in [1.54, 1.807) is 47.4 Å². The first kappa shape index (κ1) is 18.7. The van der Waals surface area contributed by atoms with Crippen molar-refractivity contribution in [3.05, 3.63) is 63.6 Å². The van der Waals surface area contributed by atoms with E-state index < -0.39 is 6.09 Å². The summed E-state index contributed by atoms with van der Waals surface area (Å²) in [6.45, 7) is 2.76. The second kappa shape index (κ2) is 8.08. The molecular formula is C19H18Cl2N2O3. The predicted octanol–water partition coefficient (Wildman–Crippen LogP) is 3.97. The molecule has 1 aliphatic rings. The molecule has 1 heterocycles. The van der Waals surface area contributed by atoms with Crippen LogP contribution in [0.1, 0.15) is 15.9 Å². The molecule has 0 spiro atoms. The second-order valence-corrected chi connectivity index (χ2v) is 6.93. The van der Waals surface area contributed by atoms with Crippen molar-refractivity contribution >= 4 is 35.1 Å². The maximum atomic E-state index is 12.7. The monoisotopic (exact) mass is 392 g/mol. The SMILES string of the molecule is CN1CCN(C(=O)Oc2cccc(C(=O)c3cccc(Cl)c3)c2Cl)CC1. The van der Waals surface area contributed by atoms with Crippen LogP contribution >= 0.6 is 23.2 Å². The summed E-state index contributed by atoms with van der Waals surface area (Å²) in [7, 11) is 2.00. The minimum atomic E-state index is -0.465. The van der Waals surface area contributed by atoms with Gasteiger partial charge in [0.05, 0.1) is 5.02 Å². The van der Waals surface area contributed by atoms with Crippen molar-refractivity contribution in [3.8, 4) is 5.75 Å². The van der Waals surface area contributed by atoms with Gasteiger partial charge in [-0.3, -0.25) is 4.79 Å². The summed E-state index contributed by atoms with van der Waals surface area (Å²) >= 11 is 12.3. The molecule has 0 radical (unpaired) electrons. The smallest absolute Gasteiger partial charge is 0.409 e. The number of carbonyl (C=O) groups is 2. The van der Waals surface area contributed by atoms with Gasteiger partial charge in [-0.15, -0.1) is 0 Å². The first-order chi connectivity index (χ1) is 12.5. The van der Waals surface area contributed by atoms with E-state index in [-0.39, 0.29) is 22.1 Å². The average Bonchev–Trinajstić information content (AvgIpc) is 2.63. The first-order valence-electron chi connectivity index (χ1n) is 8.20. The zero-order valence-corrected chi connectivity index (χ0v) is 15.8. The largest absolute Gasteiger partial charge is 0.415 e. The number of ketones is 1. The molecule has 2 aromatic rings. The van der Waals surface area contributed by atoms with Crippen molar-refractivity contribution < 1.29 is 14.3 Å². The van der Waals surface area contributed by atoms with Gasteiger partial charge in [0.1, 0.15) is 0 Å². The van der Waals surface area contributed by atoms with Gasteiger partial charge in [-0.25, -0.2) is 4.79 Å². The van der Waals surface area contributed by atoms with Gasteiger partial charge in [-0.1, -0.05) is 41.4 Å². The Morgan fingerprint density at radius 2 is 1.69 bits per heavy atom. The number of ether oxygens (including phenoxy) is 1. The maximum Gasteiger partial charge on any atom is 0.415 e. The summed E-state index contributed by atoms with van der Waals surface area (Å²) in [6.07, 6.45) is -0.465. The lowest BCUT2D eigenvalue weighted by Gasteiger charge is -2.31. The quantitative estimate of drug-likeness (QED) is 0.741. The Labute approximate surface area is 162 Å². The third-order valence-electron chi connectivity index (χ3n) is 4.25. The van der Waals surface area contributed by atoms with E-state index in [4.69, 9.17) is 27.9 Å². The molecule has 1 saturated heterocycles. The molecule has 0 bridgehead atoms. The summed E-state index contributed by atoms with van der Waals surface area (Å²) in [5, 5.41) is 0.574. The van der Waals surface area contributed by atoms with Crippen molar-refractivity contribution in [1.82, 2.24) is 9.80 Å². The van der Waals surface area contributed by atoms with Gasteiger partial charge < -0.3 is 14.5 Å². The molecule has 0 N–H and O–H groups in total. The van der Waals surface area contributed by atoms with Crippen molar-refractivity contribution in [1.29, 1.82) is 0 Å². The highest BCUT2D eigenvalue weighted by molar-refractivity contribution is 6.36. The highest BCUT2D eigenvalue weighted by Gasteiger charge is 2.23. The van der Waals surface area contributed by atoms with Gasteiger partial charge >= 0.3 is 6.09 Å². The first-order valence-corrected chi connectivity index (χ1v) is 8.95. The Bertz CT molecular complexity index is 833. The molecule has 0 unspecified atom stereocenters. The van der Waals surface area contributed by atoms with Crippen molar-refractivity contribution in [3.63, 3.8) is 0 Å². The molecule has 0 saturated carbocycles. The molecule has 1 fully saturated rings. The van der Waals surface area contributed by atoms with Gasteiger partial charge in [0.25, 0.3) is 0 Å². The van der Waals surface area contributed by atoms with Crippen LogP contribution in [0, 0.1) is 0 Å². The molecule has 136 valence electrons. The molecular weight excluding hydrogens is 375 g/mol. The molecule has 3 rings (SSSR count). The van der Waals surface area contributed by atoms with Gasteiger partial charge in [0.2, 0.25) is 0 Å². The van der Waals surface area contributed by atoms with Crippen LogP contribution in [0.2, 0.25) is 10.0 Å². The molecule has 0 atom stereocenters. The lowest BCUT2D eigenvalue weighted by molar-refractivity contribution is 0.103. The Balaban J connectivity index is 1.79. The van der Waals surface area contributed by atoms with Crippen molar-refractivity contribution in [2.24, 2.45) is 0 Å². The predicted molar refractivity (Wildman–Crippen MR) is 101 cm³/mol. The number of benzene rings is 2. The van der Waals surface area contributed by atoms with Crippen LogP contribution in [0.4, 0.5) is 4.79 Å². The highest BCUT2D eigenvalue weighted by Crippen LogP contribution is 2.30. The topological polar surface area (TPSA) is 49.9 Å². The van der Waals surface area contributed by atoms with E-state index in [0.717, 1.165) is 13.1 Å². The number of piperazine rings is 1. The molecule has 7 heteroatoms. The van der Waals surface area contributed by atoms with E-state index in [1.165, 1.54) is 0 Å². The fourth-order valence-corrected chi connectivity index (χ4v) is 3.14. The van der Waals surface area contributed by atoms with Crippen LogP contribution in [0.5, 0.6) is 5.75 Å². The number of hydrogen-bond acceptors (Lipinski definition) is 4. The van der Waals surface area contributed by atoms with Crippen molar-refractivity contribution in [2.75, 3.05) is 33.2 Å². The zero-order valence-electron chi connectivity index (χ0n) is 14.2. The lowest BCUT2D eigenvalue weighted by Crippen LogP contribution is -2.48. The fraction of sp³-hybridized carbons (Fsp3) is 0.263. The maximum absolute atomic E-state index is 12.7. The molecule has 26 heavy (non-hydrogen) atoms. The summed E-state index contributed by atoms with van der Waals surface area (Å²) in [5.74, 6) is -0.113. The third-order valence-corrected chi connectivity index (χ3v) is 4.88. The molecule has 0 aliphatic carbocycles. The second-order valence-electron chi connectivity index (χ2n) is 6.12. The molecule has 1 aliphatic heterocycles. The van der Waals surface area contributed by atoms with E-state index in [0.29, 0.717) is 23.7 Å². The van der Waals surface area contributed by atoms with Crippen molar-refractivity contribution in [2.45, 2.75) is 0 Å². The van der Waals surface area contributed by atoms with Gasteiger partial charge in [0, 0.05) is 42.3 Å². The van der Waals surface area contributed by atoms with Crippen LogP contribution in [0.25, 0.3) is 0 Å². The normalized spacial score (nSPS) is 15.0. The van der Waals surface area contributed by atoms with E-state index in [1.807, 2.05) is 7.05 Å². The summed E-state index contributed by atoms with van der Waals surface area (Å²) in [6, 6.07) is 11.4. The Morgan fingerprint density at radius 3 is 2.38 bits per heavy atom. The summed E-state index contributed by atoms with van der Waals surface area (Å²) in [5.41, 5.74) is 0.680. The lowest BCUT2D eigenvalue weighted by atomic mass is 10.0. The van der Waals surface area contributed by atoms with Gasteiger partial charge in [0.15, 0.2) is 11.5 Å². The van der Waals surface area contributed by atoms with E-state index in [9.17, 15) is 9.59 Å². The van der Waals surface area contributed by atoms with Gasteiger partial charge in [-0.2, -0.15) is 0 Å². The van der Waals surface area contributed by atoms with Crippen LogP contribution < -0.4 is 4.74 Å². The van der Waals surface area contributed by atoms with Gasteiger partial charge in [-0.05, 0) is 31.3 Å². The molecule has 5 nitrogen and oxygen atoms in total. The average molecular weight is 393 g/mol. The standard InChI is InChI=1S/C19H18Cl2N2O3/c1-22-8-10-23(11-9-22)19(25)26-16-7-3-6-15(17(16)21)18(24)13-4-2-5-14(20)12-13/h2-7,12H,8-11H2,1H3. The number of carbonyl (C=O) groups excluding carboxylic acids is 2. The number of amides is 1.